The largest absolute Gasteiger partial charge is 0.378 e. The minimum Gasteiger partial charge on any atom is -0.378 e. The molecule has 0 radical (unpaired) electrons. The maximum Gasteiger partial charge on any atom is 0.226 e. The number of hydrogen-bond acceptors (Lipinski definition) is 3. The molecule has 0 unspecified atom stereocenters. The van der Waals surface area contributed by atoms with Gasteiger partial charge in [0.05, 0.1) is 0 Å². The smallest absolute Gasteiger partial charge is 0.226 e. The van der Waals surface area contributed by atoms with Crippen LogP contribution in [0.25, 0.3) is 0 Å². The summed E-state index contributed by atoms with van der Waals surface area (Å²) >= 11 is 0. The lowest BCUT2D eigenvalue weighted by Gasteiger charge is -2.55. The molecule has 1 aromatic rings. The molecule has 2 amide bonds. The number of benzene rings is 1. The van der Waals surface area contributed by atoms with Crippen molar-refractivity contribution in [2.45, 2.75) is 51.5 Å². The average molecular weight is 384 g/mol. The van der Waals surface area contributed by atoms with Gasteiger partial charge in [-0.05, 0) is 74.0 Å². The van der Waals surface area contributed by atoms with Gasteiger partial charge in [0, 0.05) is 44.7 Å². The molecule has 4 bridgehead atoms. The Bertz CT molecular complexity index is 691. The minimum atomic E-state index is -0.126. The Balaban J connectivity index is 1.20. The van der Waals surface area contributed by atoms with Gasteiger partial charge in [-0.3, -0.25) is 9.59 Å². The Morgan fingerprint density at radius 1 is 0.964 bits per heavy atom. The molecule has 28 heavy (non-hydrogen) atoms. The number of anilines is 1. The molecule has 1 aromatic carbocycles. The van der Waals surface area contributed by atoms with Crippen LogP contribution in [0, 0.1) is 23.2 Å². The second kappa shape index (κ2) is 7.76. The van der Waals surface area contributed by atoms with Gasteiger partial charge in [0.25, 0.3) is 0 Å². The SMILES string of the molecule is CN(C)c1ccc(CNC(=O)CCNC(=O)C23CC4CC(CC(C4)C2)C3)cc1. The molecule has 5 rings (SSSR count). The summed E-state index contributed by atoms with van der Waals surface area (Å²) in [5.74, 6) is 2.48. The fourth-order valence-corrected chi connectivity index (χ4v) is 6.07. The molecule has 4 saturated carbocycles. The monoisotopic (exact) mass is 383 g/mol. The van der Waals surface area contributed by atoms with Crippen LogP contribution in [-0.2, 0) is 16.1 Å². The zero-order valence-corrected chi connectivity index (χ0v) is 17.2. The minimum absolute atomic E-state index is 0.0116. The van der Waals surface area contributed by atoms with Crippen molar-refractivity contribution in [3.05, 3.63) is 29.8 Å². The molecule has 0 atom stereocenters. The van der Waals surface area contributed by atoms with Crippen LogP contribution in [0.5, 0.6) is 0 Å². The Kier molecular flexibility index (Phi) is 5.35. The number of amides is 2. The highest BCUT2D eigenvalue weighted by Crippen LogP contribution is 2.60. The molecule has 4 aliphatic rings. The van der Waals surface area contributed by atoms with Crippen LogP contribution in [0.3, 0.4) is 0 Å². The third-order valence-electron chi connectivity index (χ3n) is 7.10. The summed E-state index contributed by atoms with van der Waals surface area (Å²) in [6.45, 7) is 0.960. The van der Waals surface area contributed by atoms with E-state index in [-0.39, 0.29) is 17.2 Å². The first kappa shape index (κ1) is 19.3. The maximum atomic E-state index is 12.9. The van der Waals surface area contributed by atoms with E-state index >= 15 is 0 Å². The first-order chi connectivity index (χ1) is 13.4. The zero-order valence-electron chi connectivity index (χ0n) is 17.2. The van der Waals surface area contributed by atoms with E-state index in [0.29, 0.717) is 19.5 Å². The van der Waals surface area contributed by atoms with Crippen molar-refractivity contribution in [1.29, 1.82) is 0 Å². The Morgan fingerprint density at radius 2 is 1.54 bits per heavy atom. The van der Waals surface area contributed by atoms with Gasteiger partial charge < -0.3 is 15.5 Å². The van der Waals surface area contributed by atoms with Crippen molar-refractivity contribution in [2.24, 2.45) is 23.2 Å². The predicted octanol–water partition coefficient (Wildman–Crippen LogP) is 3.09. The van der Waals surface area contributed by atoms with Crippen molar-refractivity contribution in [1.82, 2.24) is 10.6 Å². The van der Waals surface area contributed by atoms with E-state index in [0.717, 1.165) is 48.3 Å². The van der Waals surface area contributed by atoms with Gasteiger partial charge in [-0.1, -0.05) is 12.1 Å². The molecule has 4 fully saturated rings. The van der Waals surface area contributed by atoms with Crippen LogP contribution in [-0.4, -0.2) is 32.5 Å². The van der Waals surface area contributed by atoms with Crippen LogP contribution in [0.2, 0.25) is 0 Å². The van der Waals surface area contributed by atoms with Gasteiger partial charge in [-0.25, -0.2) is 0 Å². The van der Waals surface area contributed by atoms with Gasteiger partial charge in [0.2, 0.25) is 11.8 Å². The summed E-state index contributed by atoms with van der Waals surface area (Å²) in [5.41, 5.74) is 2.10. The highest BCUT2D eigenvalue weighted by Gasteiger charge is 2.54. The lowest BCUT2D eigenvalue weighted by Crippen LogP contribution is -2.53. The molecule has 0 spiro atoms. The van der Waals surface area contributed by atoms with Crippen molar-refractivity contribution < 1.29 is 9.59 Å². The number of rotatable bonds is 7. The molecule has 152 valence electrons. The number of nitrogens with one attached hydrogen (secondary N) is 2. The first-order valence-electron chi connectivity index (χ1n) is 10.7. The van der Waals surface area contributed by atoms with Gasteiger partial charge in [0.15, 0.2) is 0 Å². The van der Waals surface area contributed by atoms with Crippen LogP contribution < -0.4 is 15.5 Å². The molecule has 0 heterocycles. The van der Waals surface area contributed by atoms with Crippen molar-refractivity contribution in [3.63, 3.8) is 0 Å². The highest BCUT2D eigenvalue weighted by atomic mass is 16.2. The van der Waals surface area contributed by atoms with E-state index in [1.165, 1.54) is 19.3 Å². The lowest BCUT2D eigenvalue weighted by atomic mass is 9.49. The van der Waals surface area contributed by atoms with E-state index in [9.17, 15) is 9.59 Å². The summed E-state index contributed by atoms with van der Waals surface area (Å²) in [6.07, 6.45) is 7.56. The fourth-order valence-electron chi connectivity index (χ4n) is 6.07. The summed E-state index contributed by atoms with van der Waals surface area (Å²) in [4.78, 5) is 27.1. The molecule has 2 N–H and O–H groups in total. The van der Waals surface area contributed by atoms with E-state index in [1.54, 1.807) is 0 Å². The van der Waals surface area contributed by atoms with Crippen LogP contribution >= 0.6 is 0 Å². The fraction of sp³-hybridized carbons (Fsp3) is 0.652. The molecular weight excluding hydrogens is 350 g/mol. The Labute approximate surface area is 168 Å². The molecule has 5 heteroatoms. The molecule has 0 aliphatic heterocycles. The molecular formula is C23H33N3O2. The summed E-state index contributed by atoms with van der Waals surface area (Å²) in [5, 5.41) is 6.04. The normalized spacial score (nSPS) is 30.1. The Hall–Kier alpha value is -2.04. The topological polar surface area (TPSA) is 61.4 Å². The average Bonchev–Trinajstić information content (AvgIpc) is 2.65. The third-order valence-corrected chi connectivity index (χ3v) is 7.10. The van der Waals surface area contributed by atoms with E-state index < -0.39 is 0 Å². The maximum absolute atomic E-state index is 12.9. The van der Waals surface area contributed by atoms with Crippen LogP contribution in [0.1, 0.15) is 50.5 Å². The molecule has 5 nitrogen and oxygen atoms in total. The van der Waals surface area contributed by atoms with E-state index in [2.05, 4.69) is 15.5 Å². The number of hydrogen-bond donors (Lipinski definition) is 2. The summed E-state index contributed by atoms with van der Waals surface area (Å²) in [6, 6.07) is 8.16. The van der Waals surface area contributed by atoms with Crippen molar-refractivity contribution >= 4 is 17.5 Å². The summed E-state index contributed by atoms with van der Waals surface area (Å²) < 4.78 is 0. The predicted molar refractivity (Wildman–Crippen MR) is 111 cm³/mol. The van der Waals surface area contributed by atoms with E-state index in [1.807, 2.05) is 38.4 Å². The number of carbonyl (C=O) groups excluding carboxylic acids is 2. The quantitative estimate of drug-likeness (QED) is 0.761. The third kappa shape index (κ3) is 4.03. The number of nitrogens with zero attached hydrogens (tertiary/aromatic N) is 1. The van der Waals surface area contributed by atoms with E-state index in [4.69, 9.17) is 0 Å². The first-order valence-corrected chi connectivity index (χ1v) is 10.7. The van der Waals surface area contributed by atoms with Crippen molar-refractivity contribution in [2.75, 3.05) is 25.5 Å². The zero-order chi connectivity index (χ0) is 19.7. The van der Waals surface area contributed by atoms with Gasteiger partial charge in [0.1, 0.15) is 0 Å². The molecule has 0 saturated heterocycles. The standard InChI is InChI=1S/C23H33N3O2/c1-26(2)20-5-3-16(4-6-20)15-25-21(27)7-8-24-22(28)23-12-17-9-18(13-23)11-19(10-17)14-23/h3-6,17-19H,7-15H2,1-2H3,(H,24,28)(H,25,27). The molecule has 0 aromatic heterocycles. The Morgan fingerprint density at radius 3 is 2.07 bits per heavy atom. The second-order valence-electron chi connectivity index (χ2n) is 9.54. The van der Waals surface area contributed by atoms with Crippen LogP contribution in [0.15, 0.2) is 24.3 Å². The van der Waals surface area contributed by atoms with Gasteiger partial charge >= 0.3 is 0 Å². The lowest BCUT2D eigenvalue weighted by molar-refractivity contribution is -0.146. The molecule has 4 aliphatic carbocycles. The van der Waals surface area contributed by atoms with Gasteiger partial charge in [-0.2, -0.15) is 0 Å². The second-order valence-corrected chi connectivity index (χ2v) is 9.54. The highest BCUT2D eigenvalue weighted by molar-refractivity contribution is 5.84. The van der Waals surface area contributed by atoms with Gasteiger partial charge in [-0.15, -0.1) is 0 Å². The number of carbonyl (C=O) groups is 2. The van der Waals surface area contributed by atoms with Crippen LogP contribution in [0.4, 0.5) is 5.69 Å². The van der Waals surface area contributed by atoms with Crippen molar-refractivity contribution in [3.8, 4) is 0 Å². The summed E-state index contributed by atoms with van der Waals surface area (Å²) in [7, 11) is 4.02.